The highest BCUT2D eigenvalue weighted by Gasteiger charge is 2.81. The third kappa shape index (κ3) is 1.28. The first kappa shape index (κ1) is 14.6. The Morgan fingerprint density at radius 1 is 1.32 bits per heavy atom. The van der Waals surface area contributed by atoms with E-state index in [0.717, 1.165) is 36.8 Å². The molecule has 0 amide bonds. The van der Waals surface area contributed by atoms with Crippen molar-refractivity contribution in [3.8, 4) is 11.5 Å². The first-order valence-corrected chi connectivity index (χ1v) is 9.33. The molecular formula is C20H22O5. The van der Waals surface area contributed by atoms with Gasteiger partial charge in [0.1, 0.15) is 5.60 Å². The van der Waals surface area contributed by atoms with E-state index in [2.05, 4.69) is 6.07 Å². The minimum atomic E-state index is -1.27. The van der Waals surface area contributed by atoms with Gasteiger partial charge in [-0.3, -0.25) is 4.79 Å². The highest BCUT2D eigenvalue weighted by Crippen LogP contribution is 2.74. The summed E-state index contributed by atoms with van der Waals surface area (Å²) in [5.74, 6) is 1.88. The zero-order valence-corrected chi connectivity index (χ0v) is 14.2. The minimum Gasteiger partial charge on any atom is -0.493 e. The van der Waals surface area contributed by atoms with Crippen molar-refractivity contribution < 1.29 is 24.5 Å². The van der Waals surface area contributed by atoms with E-state index in [0.29, 0.717) is 17.4 Å². The summed E-state index contributed by atoms with van der Waals surface area (Å²) >= 11 is 0. The number of aryl methyl sites for hydroxylation is 1. The summed E-state index contributed by atoms with van der Waals surface area (Å²) in [6, 6.07) is 3.96. The van der Waals surface area contributed by atoms with E-state index >= 15 is 0 Å². The Morgan fingerprint density at radius 2 is 2.16 bits per heavy atom. The number of hydrogen-bond donors (Lipinski definition) is 2. The number of rotatable bonds is 1. The molecule has 2 unspecified atom stereocenters. The van der Waals surface area contributed by atoms with E-state index in [-0.39, 0.29) is 24.0 Å². The van der Waals surface area contributed by atoms with Gasteiger partial charge in [0.25, 0.3) is 0 Å². The lowest BCUT2D eigenvalue weighted by Crippen LogP contribution is -2.72. The van der Waals surface area contributed by atoms with Crippen molar-refractivity contribution in [2.75, 3.05) is 7.11 Å². The second-order valence-corrected chi connectivity index (χ2v) is 8.58. The van der Waals surface area contributed by atoms with Crippen LogP contribution in [0, 0.1) is 17.8 Å². The number of aliphatic hydroxyl groups excluding tert-OH is 1. The lowest BCUT2D eigenvalue weighted by Gasteiger charge is -2.56. The standard InChI is InChI=1S/C20H22O5/c1-24-14-5-4-9-2-3-10-6-11-7-12(10)19-16(9)17(14)25-18(19)13(21)8-15(22)20(11,19)23/h4-5,10-12,15,18,22-23H,2-3,6-8H2,1H3/t10?,11-,12-,15+,18+,19?,20+/m1/s1. The quantitative estimate of drug-likeness (QED) is 0.806. The molecule has 132 valence electrons. The molecule has 5 nitrogen and oxygen atoms in total. The van der Waals surface area contributed by atoms with Gasteiger partial charge >= 0.3 is 0 Å². The van der Waals surface area contributed by atoms with Crippen LogP contribution in [0.25, 0.3) is 0 Å². The molecular weight excluding hydrogens is 320 g/mol. The lowest BCUT2D eigenvalue weighted by molar-refractivity contribution is -0.203. The maximum Gasteiger partial charge on any atom is 0.177 e. The summed E-state index contributed by atoms with van der Waals surface area (Å²) < 4.78 is 11.7. The number of aliphatic hydroxyl groups is 2. The van der Waals surface area contributed by atoms with Crippen molar-refractivity contribution >= 4 is 5.78 Å². The van der Waals surface area contributed by atoms with E-state index in [9.17, 15) is 15.0 Å². The number of fused-ring (bicyclic) bond motifs is 2. The fraction of sp³-hybridized carbons (Fsp3) is 0.650. The second-order valence-electron chi connectivity index (χ2n) is 8.58. The van der Waals surface area contributed by atoms with Gasteiger partial charge in [-0.25, -0.2) is 0 Å². The fourth-order valence-electron chi connectivity index (χ4n) is 7.33. The molecule has 3 fully saturated rings. The number of carbonyl (C=O) groups is 1. The predicted octanol–water partition coefficient (Wildman–Crippen LogP) is 1.36. The van der Waals surface area contributed by atoms with Gasteiger partial charge in [-0.1, -0.05) is 6.07 Å². The molecule has 2 bridgehead atoms. The van der Waals surface area contributed by atoms with Gasteiger partial charge in [0.05, 0.1) is 18.6 Å². The molecule has 4 aliphatic carbocycles. The van der Waals surface area contributed by atoms with E-state index in [1.807, 2.05) is 6.07 Å². The summed E-state index contributed by atoms with van der Waals surface area (Å²) in [6.07, 6.45) is 2.10. The van der Waals surface area contributed by atoms with Crippen molar-refractivity contribution in [1.29, 1.82) is 0 Å². The van der Waals surface area contributed by atoms with Crippen LogP contribution in [-0.4, -0.2) is 40.9 Å². The van der Waals surface area contributed by atoms with Crippen LogP contribution in [-0.2, 0) is 16.6 Å². The second kappa shape index (κ2) is 4.21. The Kier molecular flexibility index (Phi) is 2.45. The summed E-state index contributed by atoms with van der Waals surface area (Å²) in [5.41, 5.74) is 0.0314. The highest BCUT2D eigenvalue weighted by molar-refractivity contribution is 5.90. The van der Waals surface area contributed by atoms with Crippen LogP contribution >= 0.6 is 0 Å². The number of benzene rings is 1. The molecule has 3 saturated carbocycles. The molecule has 1 aliphatic heterocycles. The van der Waals surface area contributed by atoms with Crippen LogP contribution in [0.3, 0.4) is 0 Å². The average molecular weight is 342 g/mol. The number of Topliss-reactive ketones (excluding diaryl/α,β-unsaturated/α-hetero) is 1. The van der Waals surface area contributed by atoms with Crippen LogP contribution in [0.15, 0.2) is 12.1 Å². The molecule has 25 heavy (non-hydrogen) atoms. The van der Waals surface area contributed by atoms with E-state index in [4.69, 9.17) is 9.47 Å². The first-order chi connectivity index (χ1) is 12.0. The topological polar surface area (TPSA) is 76.0 Å². The molecule has 0 aromatic heterocycles. The smallest absolute Gasteiger partial charge is 0.177 e. The Balaban J connectivity index is 1.74. The minimum absolute atomic E-state index is 0.0254. The largest absolute Gasteiger partial charge is 0.493 e. The van der Waals surface area contributed by atoms with Crippen LogP contribution in [0.5, 0.6) is 11.5 Å². The Bertz CT molecular complexity index is 819. The molecule has 0 radical (unpaired) electrons. The Labute approximate surface area is 145 Å². The van der Waals surface area contributed by atoms with Gasteiger partial charge in [0.15, 0.2) is 23.4 Å². The maximum absolute atomic E-state index is 12.9. The third-order valence-corrected chi connectivity index (χ3v) is 8.03. The van der Waals surface area contributed by atoms with Gasteiger partial charge in [-0.15, -0.1) is 0 Å². The van der Waals surface area contributed by atoms with Gasteiger partial charge in [0.2, 0.25) is 0 Å². The molecule has 6 rings (SSSR count). The molecule has 5 heteroatoms. The summed E-state index contributed by atoms with van der Waals surface area (Å²) in [6.45, 7) is 0. The van der Waals surface area contributed by atoms with Gasteiger partial charge < -0.3 is 19.7 Å². The molecule has 2 N–H and O–H groups in total. The fourth-order valence-corrected chi connectivity index (χ4v) is 7.33. The Morgan fingerprint density at radius 3 is 2.96 bits per heavy atom. The van der Waals surface area contributed by atoms with Crippen molar-refractivity contribution in [3.05, 3.63) is 23.3 Å². The average Bonchev–Trinajstić information content (AvgIpc) is 3.23. The summed E-state index contributed by atoms with van der Waals surface area (Å²) in [4.78, 5) is 12.9. The van der Waals surface area contributed by atoms with Gasteiger partial charge in [-0.2, -0.15) is 0 Å². The number of hydrogen-bond acceptors (Lipinski definition) is 5. The van der Waals surface area contributed by atoms with Crippen molar-refractivity contribution in [2.24, 2.45) is 17.8 Å². The molecule has 1 aromatic rings. The van der Waals surface area contributed by atoms with Crippen LogP contribution in [0.1, 0.15) is 36.8 Å². The number of methoxy groups -OCH3 is 1. The lowest BCUT2D eigenvalue weighted by atomic mass is 9.50. The zero-order chi connectivity index (χ0) is 17.1. The van der Waals surface area contributed by atoms with E-state index < -0.39 is 23.2 Å². The van der Waals surface area contributed by atoms with Crippen LogP contribution in [0.4, 0.5) is 0 Å². The zero-order valence-electron chi connectivity index (χ0n) is 14.2. The van der Waals surface area contributed by atoms with Crippen LogP contribution in [0.2, 0.25) is 0 Å². The van der Waals surface area contributed by atoms with Gasteiger partial charge in [0, 0.05) is 12.0 Å². The molecule has 0 saturated heterocycles. The van der Waals surface area contributed by atoms with Crippen LogP contribution < -0.4 is 9.47 Å². The van der Waals surface area contributed by atoms with Crippen molar-refractivity contribution in [3.63, 3.8) is 0 Å². The predicted molar refractivity (Wildman–Crippen MR) is 87.7 cm³/mol. The Hall–Kier alpha value is -1.59. The normalized spacial score (nSPS) is 48.1. The molecule has 1 heterocycles. The third-order valence-electron chi connectivity index (χ3n) is 8.03. The molecule has 5 aliphatic rings. The summed E-state index contributed by atoms with van der Waals surface area (Å²) in [5, 5.41) is 22.8. The monoisotopic (exact) mass is 342 g/mol. The SMILES string of the molecule is COc1ccc2c3c1O[C@H]1C(=O)C[C@H](O)[C@@]4(O)[C@@H]5CC(CC2)[C@@H](C5)C314. The number of carbonyl (C=O) groups excluding carboxylic acids is 1. The molecule has 1 aromatic carbocycles. The van der Waals surface area contributed by atoms with Crippen molar-refractivity contribution in [2.45, 2.75) is 55.3 Å². The van der Waals surface area contributed by atoms with E-state index in [1.165, 1.54) is 0 Å². The van der Waals surface area contributed by atoms with Crippen molar-refractivity contribution in [1.82, 2.24) is 0 Å². The van der Waals surface area contributed by atoms with Gasteiger partial charge in [-0.05, 0) is 55.1 Å². The number of ether oxygens (including phenoxy) is 2. The summed E-state index contributed by atoms with van der Waals surface area (Å²) in [7, 11) is 1.60. The first-order valence-electron chi connectivity index (χ1n) is 9.33. The van der Waals surface area contributed by atoms with E-state index in [1.54, 1.807) is 7.11 Å². The number of ketones is 1. The highest BCUT2D eigenvalue weighted by atomic mass is 16.5. The molecule has 1 spiro atoms. The maximum atomic E-state index is 12.9. The molecule has 7 atom stereocenters.